The van der Waals surface area contributed by atoms with Gasteiger partial charge in [-0.15, -0.1) is 0 Å². The van der Waals surface area contributed by atoms with Crippen LogP contribution in [0.15, 0.2) is 22.8 Å². The third kappa shape index (κ3) is 1.88. The highest BCUT2D eigenvalue weighted by Crippen LogP contribution is 2.23. The Morgan fingerprint density at radius 3 is 3.00 bits per heavy atom. The van der Waals surface area contributed by atoms with Crippen molar-refractivity contribution in [2.45, 2.75) is 0 Å². The Kier molecular flexibility index (Phi) is 3.07. The molecule has 4 nitrogen and oxygen atoms in total. The molecule has 84 valence electrons. The molecule has 16 heavy (non-hydrogen) atoms. The van der Waals surface area contributed by atoms with Crippen LogP contribution >= 0.6 is 15.9 Å². The van der Waals surface area contributed by atoms with E-state index in [0.717, 1.165) is 15.5 Å². The monoisotopic (exact) mass is 281 g/mol. The van der Waals surface area contributed by atoms with Crippen LogP contribution in [0.25, 0.3) is 10.9 Å². The Morgan fingerprint density at radius 1 is 1.56 bits per heavy atom. The molecular weight excluding hydrogens is 270 g/mol. The normalized spacial score (nSPS) is 10.9. The molecular formula is C11H12BrN3O. The SMILES string of the molecule is CNCC(=O)c1ccc2c(c1)c(Br)nn2C. The molecule has 0 unspecified atom stereocenters. The van der Waals surface area contributed by atoms with Crippen molar-refractivity contribution < 1.29 is 4.79 Å². The van der Waals surface area contributed by atoms with Crippen LogP contribution in [0.3, 0.4) is 0 Å². The van der Waals surface area contributed by atoms with Gasteiger partial charge >= 0.3 is 0 Å². The summed E-state index contributed by atoms with van der Waals surface area (Å²) in [6.07, 6.45) is 0. The summed E-state index contributed by atoms with van der Waals surface area (Å²) in [5, 5.41) is 8.06. The number of hydrogen-bond acceptors (Lipinski definition) is 3. The van der Waals surface area contributed by atoms with Gasteiger partial charge < -0.3 is 5.32 Å². The Balaban J connectivity index is 2.51. The number of carbonyl (C=O) groups excluding carboxylic acids is 1. The number of Topliss-reactive ketones (excluding diaryl/α,β-unsaturated/α-hetero) is 1. The summed E-state index contributed by atoms with van der Waals surface area (Å²) in [4.78, 5) is 11.7. The fourth-order valence-corrected chi connectivity index (χ4v) is 2.21. The maximum atomic E-state index is 11.7. The molecule has 0 saturated heterocycles. The average Bonchev–Trinajstić information content (AvgIpc) is 2.55. The molecule has 5 heteroatoms. The quantitative estimate of drug-likeness (QED) is 0.872. The number of ketones is 1. The molecule has 1 aromatic heterocycles. The van der Waals surface area contributed by atoms with Crippen molar-refractivity contribution in [1.82, 2.24) is 15.1 Å². The van der Waals surface area contributed by atoms with E-state index in [1.165, 1.54) is 0 Å². The molecule has 0 atom stereocenters. The van der Waals surface area contributed by atoms with Gasteiger partial charge in [-0.3, -0.25) is 9.48 Å². The lowest BCUT2D eigenvalue weighted by atomic mass is 10.1. The van der Waals surface area contributed by atoms with E-state index in [2.05, 4.69) is 26.3 Å². The maximum absolute atomic E-state index is 11.7. The third-order valence-corrected chi connectivity index (χ3v) is 3.05. The molecule has 1 aromatic carbocycles. The molecule has 0 aliphatic rings. The smallest absolute Gasteiger partial charge is 0.176 e. The number of nitrogens with one attached hydrogen (secondary N) is 1. The van der Waals surface area contributed by atoms with Crippen LogP contribution in [0.2, 0.25) is 0 Å². The van der Waals surface area contributed by atoms with Crippen LogP contribution in [0.4, 0.5) is 0 Å². The molecule has 1 heterocycles. The van der Waals surface area contributed by atoms with E-state index >= 15 is 0 Å². The Morgan fingerprint density at radius 2 is 2.31 bits per heavy atom. The van der Waals surface area contributed by atoms with Gasteiger partial charge in [0.05, 0.1) is 12.1 Å². The van der Waals surface area contributed by atoms with Crippen molar-refractivity contribution in [2.24, 2.45) is 7.05 Å². The van der Waals surface area contributed by atoms with E-state index < -0.39 is 0 Å². The van der Waals surface area contributed by atoms with E-state index in [1.54, 1.807) is 11.7 Å². The van der Waals surface area contributed by atoms with Gasteiger partial charge in [0.25, 0.3) is 0 Å². The van der Waals surface area contributed by atoms with Gasteiger partial charge in [0.1, 0.15) is 4.60 Å². The second kappa shape index (κ2) is 4.35. The van der Waals surface area contributed by atoms with Gasteiger partial charge in [0, 0.05) is 18.0 Å². The van der Waals surface area contributed by atoms with Crippen LogP contribution in [-0.4, -0.2) is 29.2 Å². The second-order valence-corrected chi connectivity index (χ2v) is 4.35. The van der Waals surface area contributed by atoms with Crippen molar-refractivity contribution >= 4 is 32.6 Å². The van der Waals surface area contributed by atoms with Crippen LogP contribution in [-0.2, 0) is 7.05 Å². The van der Waals surface area contributed by atoms with Gasteiger partial charge in [-0.05, 0) is 41.2 Å². The van der Waals surface area contributed by atoms with Gasteiger partial charge in [0.15, 0.2) is 5.78 Å². The van der Waals surface area contributed by atoms with Gasteiger partial charge in [-0.25, -0.2) is 0 Å². The summed E-state index contributed by atoms with van der Waals surface area (Å²) in [5.41, 5.74) is 1.71. The first-order valence-electron chi connectivity index (χ1n) is 4.93. The number of halogens is 1. The number of likely N-dealkylation sites (N-methyl/N-ethyl adjacent to an activating group) is 1. The minimum absolute atomic E-state index is 0.0835. The molecule has 0 bridgehead atoms. The van der Waals surface area contributed by atoms with E-state index in [4.69, 9.17) is 0 Å². The van der Waals surface area contributed by atoms with Crippen LogP contribution in [0, 0.1) is 0 Å². The number of nitrogens with zero attached hydrogens (tertiary/aromatic N) is 2. The number of aromatic nitrogens is 2. The zero-order valence-electron chi connectivity index (χ0n) is 9.12. The summed E-state index contributed by atoms with van der Waals surface area (Å²) in [6.45, 7) is 0.351. The topological polar surface area (TPSA) is 46.9 Å². The van der Waals surface area contributed by atoms with Gasteiger partial charge in [0.2, 0.25) is 0 Å². The molecule has 1 N–H and O–H groups in total. The predicted molar refractivity (Wildman–Crippen MR) is 66.7 cm³/mol. The molecule has 0 aliphatic heterocycles. The maximum Gasteiger partial charge on any atom is 0.176 e. The highest BCUT2D eigenvalue weighted by atomic mass is 79.9. The Hall–Kier alpha value is -1.20. The number of hydrogen-bond donors (Lipinski definition) is 1. The first-order valence-corrected chi connectivity index (χ1v) is 5.73. The lowest BCUT2D eigenvalue weighted by Gasteiger charge is -2.00. The summed E-state index contributed by atoms with van der Waals surface area (Å²) in [6, 6.07) is 5.61. The number of rotatable bonds is 3. The Labute approximate surface area is 102 Å². The van der Waals surface area contributed by atoms with Crippen molar-refractivity contribution in [1.29, 1.82) is 0 Å². The molecule has 2 rings (SSSR count). The lowest BCUT2D eigenvalue weighted by Crippen LogP contribution is -2.18. The molecule has 0 saturated carbocycles. The molecule has 0 spiro atoms. The number of aryl methyl sites for hydroxylation is 1. The van der Waals surface area contributed by atoms with Crippen molar-refractivity contribution in [2.75, 3.05) is 13.6 Å². The lowest BCUT2D eigenvalue weighted by molar-refractivity contribution is 0.0993. The summed E-state index contributed by atoms with van der Waals surface area (Å²) < 4.78 is 2.55. The van der Waals surface area contributed by atoms with E-state index in [-0.39, 0.29) is 5.78 Å². The summed E-state index contributed by atoms with van der Waals surface area (Å²) >= 11 is 3.38. The zero-order chi connectivity index (χ0) is 11.7. The van der Waals surface area contributed by atoms with E-state index in [0.29, 0.717) is 12.1 Å². The standard InChI is InChI=1S/C11H12BrN3O/c1-13-6-10(16)7-3-4-9-8(5-7)11(12)14-15(9)2/h3-5,13H,6H2,1-2H3. The van der Waals surface area contributed by atoms with Crippen molar-refractivity contribution in [3.8, 4) is 0 Å². The molecule has 0 amide bonds. The first-order chi connectivity index (χ1) is 7.63. The number of carbonyl (C=O) groups is 1. The van der Waals surface area contributed by atoms with Crippen LogP contribution in [0.1, 0.15) is 10.4 Å². The van der Waals surface area contributed by atoms with Gasteiger partial charge in [-0.1, -0.05) is 0 Å². The van der Waals surface area contributed by atoms with Crippen molar-refractivity contribution in [3.05, 3.63) is 28.4 Å². The molecule has 0 fully saturated rings. The van der Waals surface area contributed by atoms with E-state index in [1.807, 2.05) is 25.2 Å². The predicted octanol–water partition coefficient (Wildman–Crippen LogP) is 1.74. The summed E-state index contributed by atoms with van der Waals surface area (Å²) in [5.74, 6) is 0.0835. The zero-order valence-corrected chi connectivity index (χ0v) is 10.7. The van der Waals surface area contributed by atoms with Crippen molar-refractivity contribution in [3.63, 3.8) is 0 Å². The number of fused-ring (bicyclic) bond motifs is 1. The van der Waals surface area contributed by atoms with Crippen LogP contribution in [0.5, 0.6) is 0 Å². The fourth-order valence-electron chi connectivity index (χ4n) is 1.66. The highest BCUT2D eigenvalue weighted by molar-refractivity contribution is 9.10. The molecule has 0 radical (unpaired) electrons. The highest BCUT2D eigenvalue weighted by Gasteiger charge is 2.10. The largest absolute Gasteiger partial charge is 0.313 e. The summed E-state index contributed by atoms with van der Waals surface area (Å²) in [7, 11) is 3.64. The average molecular weight is 282 g/mol. The number of benzene rings is 1. The third-order valence-electron chi connectivity index (χ3n) is 2.46. The van der Waals surface area contributed by atoms with E-state index in [9.17, 15) is 4.79 Å². The Bertz CT molecular complexity index is 547. The van der Waals surface area contributed by atoms with Crippen LogP contribution < -0.4 is 5.32 Å². The second-order valence-electron chi connectivity index (χ2n) is 3.60. The molecule has 2 aromatic rings. The minimum atomic E-state index is 0.0835. The molecule has 0 aliphatic carbocycles. The fraction of sp³-hybridized carbons (Fsp3) is 0.273. The minimum Gasteiger partial charge on any atom is -0.313 e. The first kappa shape index (κ1) is 11.3. The van der Waals surface area contributed by atoms with Gasteiger partial charge in [-0.2, -0.15) is 5.10 Å².